The molecule has 3 aromatic rings. The molecule has 1 aromatic heterocycles. The number of aryl methyl sites for hydroxylation is 3. The van der Waals surface area contributed by atoms with Crippen molar-refractivity contribution in [1.82, 2.24) is 9.78 Å². The third kappa shape index (κ3) is 2.77. The second-order valence-electron chi connectivity index (χ2n) is 6.11. The lowest BCUT2D eigenvalue weighted by atomic mass is 9.96. The summed E-state index contributed by atoms with van der Waals surface area (Å²) in [6.07, 6.45) is 0. The molecule has 0 aliphatic carbocycles. The van der Waals surface area contributed by atoms with Crippen LogP contribution < -0.4 is 5.73 Å². The lowest BCUT2D eigenvalue weighted by Gasteiger charge is -2.15. The highest BCUT2D eigenvalue weighted by Crippen LogP contribution is 2.34. The van der Waals surface area contributed by atoms with Crippen molar-refractivity contribution in [2.75, 3.05) is 0 Å². The topological polar surface area (TPSA) is 96.7 Å². The first-order valence-corrected chi connectivity index (χ1v) is 7.98. The zero-order chi connectivity index (χ0) is 19.0. The Kier molecular flexibility index (Phi) is 4.38. The van der Waals surface area contributed by atoms with E-state index >= 15 is 0 Å². The molecule has 4 N–H and O–H groups in total. The van der Waals surface area contributed by atoms with Crippen LogP contribution in [0.15, 0.2) is 41.6 Å². The Morgan fingerprint density at radius 3 is 2.38 bits per heavy atom. The highest BCUT2D eigenvalue weighted by Gasteiger charge is 2.24. The zero-order valence-electron chi connectivity index (χ0n) is 14.7. The summed E-state index contributed by atoms with van der Waals surface area (Å²) < 4.78 is 15.9. The van der Waals surface area contributed by atoms with Crippen molar-refractivity contribution in [2.45, 2.75) is 20.8 Å². The van der Waals surface area contributed by atoms with Crippen molar-refractivity contribution in [1.29, 1.82) is 0 Å². The molecule has 1 heterocycles. The van der Waals surface area contributed by atoms with Crippen molar-refractivity contribution in [3.8, 4) is 22.7 Å². The number of aromatic hydroxyl groups is 1. The number of phenolic OH excluding ortho intramolecular Hbond substituents is 1. The predicted octanol–water partition coefficient (Wildman–Crippen LogP) is 3.40. The average Bonchev–Trinajstić information content (AvgIpc) is 2.91. The summed E-state index contributed by atoms with van der Waals surface area (Å²) in [6, 6.07) is 9.61. The molecular weight excluding hydrogens is 335 g/mol. The normalized spacial score (nSPS) is 11.8. The fraction of sp³-hybridized carbons (Fsp3) is 0.158. The van der Waals surface area contributed by atoms with Crippen LogP contribution in [0.25, 0.3) is 16.9 Å². The van der Waals surface area contributed by atoms with Gasteiger partial charge in [0.2, 0.25) is 0 Å². The molecule has 0 spiro atoms. The molecule has 0 saturated carbocycles. The van der Waals surface area contributed by atoms with Gasteiger partial charge in [0.05, 0.1) is 17.0 Å². The molecule has 0 saturated heterocycles. The second kappa shape index (κ2) is 6.51. The molecule has 26 heavy (non-hydrogen) atoms. The Balaban J connectivity index is 2.44. The van der Waals surface area contributed by atoms with E-state index in [0.717, 1.165) is 22.8 Å². The van der Waals surface area contributed by atoms with E-state index in [0.29, 0.717) is 17.0 Å². The van der Waals surface area contributed by atoms with Gasteiger partial charge >= 0.3 is 0 Å². The van der Waals surface area contributed by atoms with Gasteiger partial charge < -0.3 is 16.0 Å². The Bertz CT molecular complexity index is 1000. The van der Waals surface area contributed by atoms with E-state index in [2.05, 4.69) is 10.3 Å². The maximum Gasteiger partial charge on any atom is 0.174 e. The fourth-order valence-electron chi connectivity index (χ4n) is 3.14. The molecule has 0 fully saturated rings. The number of rotatable bonds is 3. The lowest BCUT2D eigenvalue weighted by Crippen LogP contribution is -2.16. The van der Waals surface area contributed by atoms with E-state index < -0.39 is 5.82 Å². The number of halogens is 1. The highest BCUT2D eigenvalue weighted by atomic mass is 19.1. The van der Waals surface area contributed by atoms with Crippen molar-refractivity contribution < 1.29 is 14.7 Å². The smallest absolute Gasteiger partial charge is 0.174 e. The van der Waals surface area contributed by atoms with Crippen LogP contribution in [-0.4, -0.2) is 25.9 Å². The van der Waals surface area contributed by atoms with Crippen LogP contribution in [-0.2, 0) is 0 Å². The molecule has 3 rings (SSSR count). The minimum atomic E-state index is -0.633. The van der Waals surface area contributed by atoms with Gasteiger partial charge in [-0.25, -0.2) is 9.07 Å². The standard InChI is InChI=1S/C19H19FN4O2/c1-10-5-4-6-11(2)16(10)18-17(19(21)23-26)12(3)22-24(18)15-8-7-13(25)9-14(15)20/h4-9,25-26H,1-3H3,(H2,21,23). The van der Waals surface area contributed by atoms with E-state index in [9.17, 15) is 14.7 Å². The van der Waals surface area contributed by atoms with Crippen LogP contribution in [0, 0.1) is 26.6 Å². The molecule has 2 aromatic carbocycles. The van der Waals surface area contributed by atoms with Gasteiger partial charge in [-0.1, -0.05) is 23.4 Å². The van der Waals surface area contributed by atoms with E-state index in [4.69, 9.17) is 5.73 Å². The number of aromatic nitrogens is 2. The molecule has 0 atom stereocenters. The van der Waals surface area contributed by atoms with Crippen molar-refractivity contribution in [3.63, 3.8) is 0 Å². The number of nitrogens with two attached hydrogens (primary N) is 1. The number of nitrogens with zero attached hydrogens (tertiary/aromatic N) is 3. The molecule has 6 nitrogen and oxygen atoms in total. The Hall–Kier alpha value is -3.35. The zero-order valence-corrected chi connectivity index (χ0v) is 14.7. The van der Waals surface area contributed by atoms with Crippen LogP contribution in [0.4, 0.5) is 4.39 Å². The quantitative estimate of drug-likeness (QED) is 0.291. The van der Waals surface area contributed by atoms with E-state index in [1.54, 1.807) is 6.92 Å². The van der Waals surface area contributed by atoms with Crippen molar-refractivity contribution in [3.05, 3.63) is 64.6 Å². The molecule has 0 unspecified atom stereocenters. The van der Waals surface area contributed by atoms with Gasteiger partial charge in [-0.3, -0.25) is 0 Å². The number of hydrogen-bond acceptors (Lipinski definition) is 4. The Labute approximate surface area is 150 Å². The van der Waals surface area contributed by atoms with Crippen molar-refractivity contribution >= 4 is 5.84 Å². The van der Waals surface area contributed by atoms with E-state index in [1.807, 2.05) is 32.0 Å². The van der Waals surface area contributed by atoms with E-state index in [-0.39, 0.29) is 17.3 Å². The molecule has 7 heteroatoms. The van der Waals surface area contributed by atoms with Crippen LogP contribution in [0.5, 0.6) is 5.75 Å². The maximum absolute atomic E-state index is 14.5. The summed E-state index contributed by atoms with van der Waals surface area (Å²) in [4.78, 5) is 0. The van der Waals surface area contributed by atoms with Gasteiger partial charge in [0.15, 0.2) is 11.7 Å². The lowest BCUT2D eigenvalue weighted by molar-refractivity contribution is 0.318. The number of benzene rings is 2. The van der Waals surface area contributed by atoms with Gasteiger partial charge in [0.1, 0.15) is 11.4 Å². The summed E-state index contributed by atoms with van der Waals surface area (Å²) in [5.41, 5.74) is 10.2. The van der Waals surface area contributed by atoms with Gasteiger partial charge in [0, 0.05) is 11.6 Å². The minimum absolute atomic E-state index is 0.106. The third-order valence-corrected chi connectivity index (χ3v) is 4.30. The fourth-order valence-corrected chi connectivity index (χ4v) is 3.14. The summed E-state index contributed by atoms with van der Waals surface area (Å²) in [7, 11) is 0. The molecule has 0 aliphatic heterocycles. The number of amidine groups is 1. The highest BCUT2D eigenvalue weighted by molar-refractivity contribution is 6.04. The van der Waals surface area contributed by atoms with Gasteiger partial charge in [-0.2, -0.15) is 5.10 Å². The SMILES string of the molecule is Cc1cccc(C)c1-c1c(/C(N)=N/O)c(C)nn1-c1ccc(O)cc1F. The summed E-state index contributed by atoms with van der Waals surface area (Å²) in [6.45, 7) is 5.57. The molecular formula is C19H19FN4O2. The molecule has 0 radical (unpaired) electrons. The second-order valence-corrected chi connectivity index (χ2v) is 6.11. The van der Waals surface area contributed by atoms with Crippen LogP contribution in [0.2, 0.25) is 0 Å². The van der Waals surface area contributed by atoms with Gasteiger partial charge in [-0.05, 0) is 44.0 Å². The summed E-state index contributed by atoms with van der Waals surface area (Å²) in [5, 5.41) is 26.3. The average molecular weight is 354 g/mol. The monoisotopic (exact) mass is 354 g/mol. The molecule has 0 bridgehead atoms. The first-order chi connectivity index (χ1) is 12.3. The van der Waals surface area contributed by atoms with Crippen molar-refractivity contribution in [2.24, 2.45) is 10.9 Å². The molecule has 0 aliphatic rings. The molecule has 134 valence electrons. The maximum atomic E-state index is 14.5. The Morgan fingerprint density at radius 2 is 1.81 bits per heavy atom. The minimum Gasteiger partial charge on any atom is -0.508 e. The largest absolute Gasteiger partial charge is 0.508 e. The summed E-state index contributed by atoms with van der Waals surface area (Å²) >= 11 is 0. The van der Waals surface area contributed by atoms with Gasteiger partial charge in [-0.15, -0.1) is 0 Å². The molecule has 0 amide bonds. The third-order valence-electron chi connectivity index (χ3n) is 4.30. The van der Waals surface area contributed by atoms with Gasteiger partial charge in [0.25, 0.3) is 0 Å². The predicted molar refractivity (Wildman–Crippen MR) is 97.3 cm³/mol. The number of oxime groups is 1. The number of phenols is 1. The first kappa shape index (κ1) is 17.5. The Morgan fingerprint density at radius 1 is 1.15 bits per heavy atom. The van der Waals surface area contributed by atoms with Crippen LogP contribution in [0.1, 0.15) is 22.4 Å². The van der Waals surface area contributed by atoms with Crippen LogP contribution >= 0.6 is 0 Å². The summed E-state index contributed by atoms with van der Waals surface area (Å²) in [5.74, 6) is -0.919. The first-order valence-electron chi connectivity index (χ1n) is 7.98. The number of hydrogen-bond donors (Lipinski definition) is 3. The van der Waals surface area contributed by atoms with E-state index in [1.165, 1.54) is 16.8 Å². The van der Waals surface area contributed by atoms with Crippen LogP contribution in [0.3, 0.4) is 0 Å².